The molecule has 0 bridgehead atoms. The lowest BCUT2D eigenvalue weighted by molar-refractivity contribution is -0.113. The standard InChI is InChI=1S/C24H27N5O2S2/c1-16(31-17-10-6-5-7-11-17)22-27-28-24(29(22)2)32-15-21(30)26-23-19(14-25)18-12-8-3-4-9-13-20(18)33-23/h5-7,10-11,16H,3-4,8-9,12-13,15H2,1-2H3,(H,26,30). The van der Waals surface area contributed by atoms with Crippen molar-refractivity contribution in [3.63, 3.8) is 0 Å². The normalized spacial score (nSPS) is 14.5. The third-order valence-electron chi connectivity index (χ3n) is 5.66. The van der Waals surface area contributed by atoms with Crippen molar-refractivity contribution in [2.75, 3.05) is 11.1 Å². The Labute approximate surface area is 202 Å². The number of benzene rings is 1. The van der Waals surface area contributed by atoms with Gasteiger partial charge in [-0.15, -0.1) is 21.5 Å². The van der Waals surface area contributed by atoms with E-state index in [1.807, 2.05) is 48.9 Å². The highest BCUT2D eigenvalue weighted by Crippen LogP contribution is 2.36. The van der Waals surface area contributed by atoms with Crippen molar-refractivity contribution in [2.24, 2.45) is 7.05 Å². The van der Waals surface area contributed by atoms with Crippen LogP contribution in [0.1, 0.15) is 60.5 Å². The Morgan fingerprint density at radius 3 is 2.76 bits per heavy atom. The molecule has 2 aromatic heterocycles. The van der Waals surface area contributed by atoms with Gasteiger partial charge < -0.3 is 14.6 Å². The number of para-hydroxylation sites is 1. The van der Waals surface area contributed by atoms with Gasteiger partial charge in [-0.1, -0.05) is 42.8 Å². The molecule has 0 radical (unpaired) electrons. The molecule has 172 valence electrons. The first-order valence-corrected chi connectivity index (χ1v) is 12.9. The Kier molecular flexibility index (Phi) is 7.68. The predicted molar refractivity (Wildman–Crippen MR) is 131 cm³/mol. The van der Waals surface area contributed by atoms with E-state index in [4.69, 9.17) is 4.74 Å². The zero-order chi connectivity index (χ0) is 23.2. The van der Waals surface area contributed by atoms with E-state index in [0.717, 1.165) is 37.0 Å². The SMILES string of the molecule is CC(Oc1ccccc1)c1nnc(SCC(=O)Nc2sc3c(c2C#N)CCCCCC3)n1C. The smallest absolute Gasteiger partial charge is 0.235 e. The zero-order valence-electron chi connectivity index (χ0n) is 18.8. The number of rotatable bonds is 7. The summed E-state index contributed by atoms with van der Waals surface area (Å²) in [5.74, 6) is 1.49. The molecule has 1 unspecified atom stereocenters. The van der Waals surface area contributed by atoms with Gasteiger partial charge in [0.1, 0.15) is 16.8 Å². The number of nitrogens with one attached hydrogen (secondary N) is 1. The van der Waals surface area contributed by atoms with E-state index in [9.17, 15) is 10.1 Å². The summed E-state index contributed by atoms with van der Waals surface area (Å²) in [6, 6.07) is 11.9. The van der Waals surface area contributed by atoms with Gasteiger partial charge >= 0.3 is 0 Å². The van der Waals surface area contributed by atoms with E-state index >= 15 is 0 Å². The van der Waals surface area contributed by atoms with Crippen molar-refractivity contribution in [3.05, 3.63) is 52.2 Å². The van der Waals surface area contributed by atoms with E-state index < -0.39 is 0 Å². The number of fused-ring (bicyclic) bond motifs is 1. The minimum absolute atomic E-state index is 0.149. The minimum atomic E-state index is -0.281. The summed E-state index contributed by atoms with van der Waals surface area (Å²) in [7, 11) is 1.87. The lowest BCUT2D eigenvalue weighted by Crippen LogP contribution is -2.15. The molecule has 2 heterocycles. The highest BCUT2D eigenvalue weighted by Gasteiger charge is 2.22. The van der Waals surface area contributed by atoms with Gasteiger partial charge in [-0.05, 0) is 50.3 Å². The van der Waals surface area contributed by atoms with Crippen molar-refractivity contribution in [1.29, 1.82) is 5.26 Å². The van der Waals surface area contributed by atoms with Gasteiger partial charge in [-0.3, -0.25) is 4.79 Å². The highest BCUT2D eigenvalue weighted by atomic mass is 32.2. The first-order valence-electron chi connectivity index (χ1n) is 11.1. The summed E-state index contributed by atoms with van der Waals surface area (Å²) in [5.41, 5.74) is 1.78. The Hall–Kier alpha value is -2.83. The number of hydrogen-bond acceptors (Lipinski definition) is 7. The maximum Gasteiger partial charge on any atom is 0.235 e. The lowest BCUT2D eigenvalue weighted by atomic mass is 9.97. The topological polar surface area (TPSA) is 92.8 Å². The molecule has 7 nitrogen and oxygen atoms in total. The molecular formula is C24H27N5O2S2. The maximum absolute atomic E-state index is 12.7. The van der Waals surface area contributed by atoms with Crippen molar-refractivity contribution in [3.8, 4) is 11.8 Å². The quantitative estimate of drug-likeness (QED) is 0.462. The molecule has 9 heteroatoms. The number of ether oxygens (including phenoxy) is 1. The van der Waals surface area contributed by atoms with Crippen LogP contribution in [0.25, 0.3) is 0 Å². The van der Waals surface area contributed by atoms with Crippen LogP contribution in [0.5, 0.6) is 5.75 Å². The molecule has 1 aliphatic carbocycles. The lowest BCUT2D eigenvalue weighted by Gasteiger charge is -2.14. The molecule has 0 saturated carbocycles. The van der Waals surface area contributed by atoms with Crippen molar-refractivity contribution in [1.82, 2.24) is 14.8 Å². The van der Waals surface area contributed by atoms with Crippen LogP contribution in [0.3, 0.4) is 0 Å². The van der Waals surface area contributed by atoms with E-state index in [2.05, 4.69) is 21.6 Å². The molecule has 33 heavy (non-hydrogen) atoms. The van der Waals surface area contributed by atoms with E-state index in [-0.39, 0.29) is 17.8 Å². The number of amides is 1. The number of nitrogens with zero attached hydrogens (tertiary/aromatic N) is 4. The summed E-state index contributed by atoms with van der Waals surface area (Å²) < 4.78 is 7.79. The number of nitriles is 1. The largest absolute Gasteiger partial charge is 0.483 e. The molecule has 0 saturated heterocycles. The molecule has 0 aliphatic heterocycles. The van der Waals surface area contributed by atoms with Gasteiger partial charge in [-0.2, -0.15) is 5.26 Å². The summed E-state index contributed by atoms with van der Waals surface area (Å²) in [5, 5.41) is 22.5. The van der Waals surface area contributed by atoms with Crippen LogP contribution < -0.4 is 10.1 Å². The Morgan fingerprint density at radius 1 is 1.24 bits per heavy atom. The van der Waals surface area contributed by atoms with Gasteiger partial charge in [-0.25, -0.2) is 0 Å². The predicted octanol–water partition coefficient (Wildman–Crippen LogP) is 5.28. The average molecular weight is 482 g/mol. The second-order valence-electron chi connectivity index (χ2n) is 8.04. The minimum Gasteiger partial charge on any atom is -0.483 e. The van der Waals surface area contributed by atoms with Crippen molar-refractivity contribution >= 4 is 34.0 Å². The molecule has 3 aromatic rings. The number of carbonyl (C=O) groups excluding carboxylic acids is 1. The van der Waals surface area contributed by atoms with Crippen LogP contribution >= 0.6 is 23.1 Å². The van der Waals surface area contributed by atoms with Crippen LogP contribution in [0.15, 0.2) is 35.5 Å². The van der Waals surface area contributed by atoms with Crippen LogP contribution in [0.4, 0.5) is 5.00 Å². The van der Waals surface area contributed by atoms with Crippen LogP contribution in [0, 0.1) is 11.3 Å². The van der Waals surface area contributed by atoms with Gasteiger partial charge in [0.05, 0.1) is 11.3 Å². The third kappa shape index (κ3) is 5.57. The summed E-state index contributed by atoms with van der Waals surface area (Å²) >= 11 is 2.88. The number of aromatic nitrogens is 3. The monoisotopic (exact) mass is 481 g/mol. The number of thiophene rings is 1. The number of anilines is 1. The van der Waals surface area contributed by atoms with E-state index in [0.29, 0.717) is 21.5 Å². The summed E-state index contributed by atoms with van der Waals surface area (Å²) in [6.07, 6.45) is 6.30. The molecule has 1 atom stereocenters. The third-order valence-corrected chi connectivity index (χ3v) is 7.88. The first kappa shape index (κ1) is 23.3. The fraction of sp³-hybridized carbons (Fsp3) is 0.417. The van der Waals surface area contributed by atoms with Gasteiger partial charge in [0.25, 0.3) is 0 Å². The molecule has 0 spiro atoms. The molecule has 1 N–H and O–H groups in total. The Bertz CT molecular complexity index is 1150. The number of carbonyl (C=O) groups is 1. The molecule has 0 fully saturated rings. The maximum atomic E-state index is 12.7. The second kappa shape index (κ2) is 10.9. The van der Waals surface area contributed by atoms with E-state index in [1.54, 1.807) is 11.3 Å². The van der Waals surface area contributed by atoms with E-state index in [1.165, 1.54) is 29.5 Å². The van der Waals surface area contributed by atoms with Gasteiger partial charge in [0, 0.05) is 11.9 Å². The average Bonchev–Trinajstić information content (AvgIpc) is 3.32. The number of hydrogen-bond donors (Lipinski definition) is 1. The molecule has 4 rings (SSSR count). The van der Waals surface area contributed by atoms with Gasteiger partial charge in [0.2, 0.25) is 5.91 Å². The Morgan fingerprint density at radius 2 is 2.00 bits per heavy atom. The highest BCUT2D eigenvalue weighted by molar-refractivity contribution is 7.99. The number of thioether (sulfide) groups is 1. The van der Waals surface area contributed by atoms with Crippen LogP contribution in [-0.2, 0) is 24.7 Å². The molecule has 1 aromatic carbocycles. The molecular weight excluding hydrogens is 454 g/mol. The fourth-order valence-corrected chi connectivity index (χ4v) is 5.95. The zero-order valence-corrected chi connectivity index (χ0v) is 20.5. The van der Waals surface area contributed by atoms with Crippen molar-refractivity contribution in [2.45, 2.75) is 56.7 Å². The summed E-state index contributed by atoms with van der Waals surface area (Å²) in [4.78, 5) is 13.9. The molecule has 1 amide bonds. The van der Waals surface area contributed by atoms with Crippen LogP contribution in [0.2, 0.25) is 0 Å². The fourth-order valence-electron chi connectivity index (χ4n) is 3.98. The molecule has 1 aliphatic rings. The van der Waals surface area contributed by atoms with Crippen LogP contribution in [-0.4, -0.2) is 26.4 Å². The van der Waals surface area contributed by atoms with Gasteiger partial charge in [0.15, 0.2) is 17.1 Å². The first-order chi connectivity index (χ1) is 16.1. The Balaban J connectivity index is 1.38. The second-order valence-corrected chi connectivity index (χ2v) is 10.1. The summed E-state index contributed by atoms with van der Waals surface area (Å²) in [6.45, 7) is 1.92. The van der Waals surface area contributed by atoms with Crippen molar-refractivity contribution < 1.29 is 9.53 Å². The number of aryl methyl sites for hydroxylation is 1.